The maximum absolute atomic E-state index is 12.5. The van der Waals surface area contributed by atoms with Crippen molar-refractivity contribution in [2.75, 3.05) is 0 Å². The fraction of sp³-hybridized carbons (Fsp3) is 0.176. The predicted octanol–water partition coefficient (Wildman–Crippen LogP) is 3.12. The van der Waals surface area contributed by atoms with Gasteiger partial charge in [0, 0.05) is 29.0 Å². The van der Waals surface area contributed by atoms with Gasteiger partial charge in [-0.25, -0.2) is 4.68 Å². The molecule has 0 atom stereocenters. The Balaban J connectivity index is 2.15. The van der Waals surface area contributed by atoms with E-state index in [0.29, 0.717) is 10.7 Å². The van der Waals surface area contributed by atoms with Crippen LogP contribution < -0.4 is 5.32 Å². The lowest BCUT2D eigenvalue weighted by atomic mass is 10.1. The number of rotatable bonds is 4. The molecule has 0 bridgehead atoms. The van der Waals surface area contributed by atoms with Crippen LogP contribution in [0, 0.1) is 0 Å². The third kappa shape index (κ3) is 3.28. The van der Waals surface area contributed by atoms with Crippen LogP contribution >= 0.6 is 11.6 Å². The summed E-state index contributed by atoms with van der Waals surface area (Å²) in [6, 6.07) is 10.8. The van der Waals surface area contributed by atoms with Crippen molar-refractivity contribution in [1.29, 1.82) is 0 Å². The molecule has 1 amide bonds. The van der Waals surface area contributed by atoms with Crippen molar-refractivity contribution < 1.29 is 4.79 Å². The summed E-state index contributed by atoms with van der Waals surface area (Å²) < 4.78 is 1.61. The van der Waals surface area contributed by atoms with E-state index in [2.05, 4.69) is 20.6 Å². The van der Waals surface area contributed by atoms with Gasteiger partial charge >= 0.3 is 0 Å². The number of carbonyl (C=O) groups is 1. The van der Waals surface area contributed by atoms with Crippen LogP contribution in [0.2, 0.25) is 5.02 Å². The SMILES string of the molecule is CC(C)NC(=O)c1nnn(-c2ccc(Cl)cc2)c1-c1cccnc1. The molecule has 0 saturated heterocycles. The molecule has 3 aromatic rings. The summed E-state index contributed by atoms with van der Waals surface area (Å²) in [4.78, 5) is 16.6. The third-order valence-corrected chi connectivity index (χ3v) is 3.56. The van der Waals surface area contributed by atoms with E-state index >= 15 is 0 Å². The standard InChI is InChI=1S/C17H16ClN5O/c1-11(2)20-17(24)15-16(12-4-3-9-19-10-12)23(22-21-15)14-7-5-13(18)6-8-14/h3-11H,1-2H3,(H,20,24). The van der Waals surface area contributed by atoms with Crippen molar-refractivity contribution in [2.45, 2.75) is 19.9 Å². The molecule has 24 heavy (non-hydrogen) atoms. The lowest BCUT2D eigenvalue weighted by molar-refractivity contribution is 0.0938. The molecule has 1 aromatic carbocycles. The molecule has 0 aliphatic heterocycles. The second-order valence-electron chi connectivity index (χ2n) is 5.54. The van der Waals surface area contributed by atoms with Gasteiger partial charge in [-0.2, -0.15) is 0 Å². The Labute approximate surface area is 144 Å². The second kappa shape index (κ2) is 6.80. The molecule has 1 N–H and O–H groups in total. The van der Waals surface area contributed by atoms with E-state index in [1.54, 1.807) is 35.3 Å². The number of hydrogen-bond donors (Lipinski definition) is 1. The average molecular weight is 342 g/mol. The number of nitrogens with zero attached hydrogens (tertiary/aromatic N) is 4. The van der Waals surface area contributed by atoms with Crippen molar-refractivity contribution in [3.8, 4) is 16.9 Å². The Hall–Kier alpha value is -2.73. The molecule has 6 nitrogen and oxygen atoms in total. The molecule has 0 unspecified atom stereocenters. The van der Waals surface area contributed by atoms with Gasteiger partial charge in [0.1, 0.15) is 5.69 Å². The number of hydrogen-bond acceptors (Lipinski definition) is 4. The molecule has 0 saturated carbocycles. The van der Waals surface area contributed by atoms with Gasteiger partial charge in [-0.05, 0) is 50.2 Å². The maximum atomic E-state index is 12.5. The summed E-state index contributed by atoms with van der Waals surface area (Å²) in [5, 5.41) is 11.7. The van der Waals surface area contributed by atoms with Crippen molar-refractivity contribution in [3.05, 3.63) is 59.5 Å². The fourth-order valence-corrected chi connectivity index (χ4v) is 2.42. The highest BCUT2D eigenvalue weighted by atomic mass is 35.5. The van der Waals surface area contributed by atoms with Crippen molar-refractivity contribution in [1.82, 2.24) is 25.3 Å². The molecule has 0 aliphatic rings. The van der Waals surface area contributed by atoms with Gasteiger partial charge in [-0.1, -0.05) is 16.8 Å². The van der Waals surface area contributed by atoms with E-state index in [1.807, 2.05) is 32.0 Å². The summed E-state index contributed by atoms with van der Waals surface area (Å²) in [6.07, 6.45) is 3.35. The first kappa shape index (κ1) is 16.1. The smallest absolute Gasteiger partial charge is 0.274 e. The van der Waals surface area contributed by atoms with Crippen LogP contribution in [0.3, 0.4) is 0 Å². The lowest BCUT2D eigenvalue weighted by Gasteiger charge is -2.10. The largest absolute Gasteiger partial charge is 0.348 e. The van der Waals surface area contributed by atoms with Crippen molar-refractivity contribution >= 4 is 17.5 Å². The molecule has 0 aliphatic carbocycles. The Morgan fingerprint density at radius 2 is 1.96 bits per heavy atom. The minimum atomic E-state index is -0.274. The van der Waals surface area contributed by atoms with Crippen molar-refractivity contribution in [3.63, 3.8) is 0 Å². The Morgan fingerprint density at radius 1 is 1.21 bits per heavy atom. The van der Waals surface area contributed by atoms with E-state index in [4.69, 9.17) is 11.6 Å². The topological polar surface area (TPSA) is 72.7 Å². The molecule has 2 heterocycles. The van der Waals surface area contributed by atoms with Crippen LogP contribution in [0.15, 0.2) is 48.8 Å². The van der Waals surface area contributed by atoms with Crippen LogP contribution in [0.25, 0.3) is 16.9 Å². The van der Waals surface area contributed by atoms with Gasteiger partial charge in [0.2, 0.25) is 0 Å². The number of carbonyl (C=O) groups excluding carboxylic acids is 1. The molecule has 3 rings (SSSR count). The Bertz CT molecular complexity index is 843. The van der Waals surface area contributed by atoms with Gasteiger partial charge in [0.25, 0.3) is 5.91 Å². The molecular formula is C17H16ClN5O. The second-order valence-corrected chi connectivity index (χ2v) is 5.98. The summed E-state index contributed by atoms with van der Waals surface area (Å²) in [5.41, 5.74) is 2.36. The van der Waals surface area contributed by atoms with Crippen LogP contribution in [0.4, 0.5) is 0 Å². The number of aromatic nitrogens is 4. The lowest BCUT2D eigenvalue weighted by Crippen LogP contribution is -2.30. The molecule has 2 aromatic heterocycles. The first-order valence-corrected chi connectivity index (χ1v) is 7.87. The van der Waals surface area contributed by atoms with Crippen molar-refractivity contribution in [2.24, 2.45) is 0 Å². The fourth-order valence-electron chi connectivity index (χ4n) is 2.29. The van der Waals surface area contributed by atoms with Crippen LogP contribution in [0.1, 0.15) is 24.3 Å². The number of amides is 1. The maximum Gasteiger partial charge on any atom is 0.274 e. The quantitative estimate of drug-likeness (QED) is 0.791. The van der Waals surface area contributed by atoms with E-state index in [9.17, 15) is 4.79 Å². The van der Waals surface area contributed by atoms with E-state index in [0.717, 1.165) is 11.3 Å². The zero-order valence-electron chi connectivity index (χ0n) is 13.3. The normalized spacial score (nSPS) is 10.8. The number of halogens is 1. The van der Waals surface area contributed by atoms with E-state index in [1.165, 1.54) is 0 Å². The molecule has 122 valence electrons. The molecule has 7 heteroatoms. The molecule has 0 radical (unpaired) electrons. The minimum Gasteiger partial charge on any atom is -0.348 e. The highest BCUT2D eigenvalue weighted by Crippen LogP contribution is 2.25. The summed E-state index contributed by atoms with van der Waals surface area (Å²) in [7, 11) is 0. The minimum absolute atomic E-state index is 0.0000646. The molecule has 0 spiro atoms. The van der Waals surface area contributed by atoms with Gasteiger partial charge in [0.05, 0.1) is 5.69 Å². The average Bonchev–Trinajstić information content (AvgIpc) is 3.01. The highest BCUT2D eigenvalue weighted by molar-refractivity contribution is 6.30. The first-order valence-electron chi connectivity index (χ1n) is 7.49. The number of pyridine rings is 1. The Morgan fingerprint density at radius 3 is 2.58 bits per heavy atom. The number of benzene rings is 1. The molecule has 0 fully saturated rings. The summed E-state index contributed by atoms with van der Waals surface area (Å²) >= 11 is 5.95. The van der Waals surface area contributed by atoms with Crippen LogP contribution in [-0.2, 0) is 0 Å². The van der Waals surface area contributed by atoms with Gasteiger partial charge in [-0.15, -0.1) is 5.10 Å². The Kier molecular flexibility index (Phi) is 4.57. The first-order chi connectivity index (χ1) is 11.6. The monoisotopic (exact) mass is 341 g/mol. The zero-order valence-corrected chi connectivity index (χ0v) is 14.0. The predicted molar refractivity (Wildman–Crippen MR) is 92.2 cm³/mol. The van der Waals surface area contributed by atoms with E-state index < -0.39 is 0 Å². The van der Waals surface area contributed by atoms with Gasteiger partial charge in [0.15, 0.2) is 5.69 Å². The summed E-state index contributed by atoms with van der Waals surface area (Å²) in [5.74, 6) is -0.274. The highest BCUT2D eigenvalue weighted by Gasteiger charge is 2.22. The molecular weight excluding hydrogens is 326 g/mol. The number of nitrogens with one attached hydrogen (secondary N) is 1. The summed E-state index contributed by atoms with van der Waals surface area (Å²) in [6.45, 7) is 3.79. The third-order valence-electron chi connectivity index (χ3n) is 3.31. The van der Waals surface area contributed by atoms with E-state index in [-0.39, 0.29) is 17.6 Å². The van der Waals surface area contributed by atoms with Gasteiger partial charge < -0.3 is 5.32 Å². The van der Waals surface area contributed by atoms with Crippen LogP contribution in [0.5, 0.6) is 0 Å². The zero-order chi connectivity index (χ0) is 17.1. The van der Waals surface area contributed by atoms with Gasteiger partial charge in [-0.3, -0.25) is 9.78 Å². The van der Waals surface area contributed by atoms with Crippen LogP contribution in [-0.4, -0.2) is 31.9 Å².